The van der Waals surface area contributed by atoms with Gasteiger partial charge in [-0.05, 0) is 35.9 Å². The minimum atomic E-state index is -3.50. The molecule has 0 saturated carbocycles. The van der Waals surface area contributed by atoms with Gasteiger partial charge in [-0.2, -0.15) is 4.31 Å². The average molecular weight is 355 g/mol. The van der Waals surface area contributed by atoms with Gasteiger partial charge in [-0.15, -0.1) is 0 Å². The van der Waals surface area contributed by atoms with E-state index in [0.29, 0.717) is 11.3 Å². The number of hydrogen-bond donors (Lipinski definition) is 1. The summed E-state index contributed by atoms with van der Waals surface area (Å²) in [5, 5.41) is 9.30. The Hall–Kier alpha value is -1.96. The van der Waals surface area contributed by atoms with E-state index in [-0.39, 0.29) is 23.7 Å². The molecule has 1 aromatic heterocycles. The van der Waals surface area contributed by atoms with E-state index in [1.807, 2.05) is 0 Å². The first-order valence-electron chi connectivity index (χ1n) is 6.63. The standard InChI is InChI=1S/C15H15ClN2O4S/c1-23(21,22)18(10-14-4-2-3-5-17-14)9-11-6-12(15(19)20)8-13(16)7-11/h2-8H,9-10H2,1H3,(H,19,20). The molecule has 0 fully saturated rings. The first kappa shape index (κ1) is 17.4. The zero-order valence-corrected chi connectivity index (χ0v) is 13.9. The molecular formula is C15H15ClN2O4S. The molecule has 1 N–H and O–H groups in total. The topological polar surface area (TPSA) is 87.6 Å². The van der Waals surface area contributed by atoms with E-state index in [2.05, 4.69) is 4.98 Å². The zero-order chi connectivity index (χ0) is 17.0. The fraction of sp³-hybridized carbons (Fsp3) is 0.200. The third-order valence-corrected chi connectivity index (χ3v) is 4.51. The molecule has 0 aliphatic rings. The van der Waals surface area contributed by atoms with Crippen LogP contribution in [0.5, 0.6) is 0 Å². The maximum Gasteiger partial charge on any atom is 0.335 e. The summed E-state index contributed by atoms with van der Waals surface area (Å²) in [6.45, 7) is 0.102. The molecular weight excluding hydrogens is 340 g/mol. The van der Waals surface area contributed by atoms with E-state index in [0.717, 1.165) is 6.26 Å². The van der Waals surface area contributed by atoms with Gasteiger partial charge in [-0.25, -0.2) is 13.2 Å². The number of carboxylic acids is 1. The number of aromatic carboxylic acids is 1. The number of hydrogen-bond acceptors (Lipinski definition) is 4. The van der Waals surface area contributed by atoms with Gasteiger partial charge in [-0.3, -0.25) is 4.98 Å². The van der Waals surface area contributed by atoms with Crippen LogP contribution in [0.25, 0.3) is 0 Å². The summed E-state index contributed by atoms with van der Waals surface area (Å²) >= 11 is 5.91. The van der Waals surface area contributed by atoms with Crippen LogP contribution >= 0.6 is 11.6 Å². The van der Waals surface area contributed by atoms with Crippen LogP contribution in [0.1, 0.15) is 21.6 Å². The summed E-state index contributed by atoms with van der Waals surface area (Å²) < 4.78 is 25.2. The Morgan fingerprint density at radius 3 is 2.57 bits per heavy atom. The molecule has 0 unspecified atom stereocenters. The van der Waals surface area contributed by atoms with E-state index in [1.54, 1.807) is 30.5 Å². The van der Waals surface area contributed by atoms with Crippen LogP contribution in [0, 0.1) is 0 Å². The molecule has 2 rings (SSSR count). The highest BCUT2D eigenvalue weighted by Gasteiger charge is 2.19. The quantitative estimate of drug-likeness (QED) is 0.860. The zero-order valence-electron chi connectivity index (χ0n) is 12.3. The predicted octanol–water partition coefficient (Wildman–Crippen LogP) is 2.40. The van der Waals surface area contributed by atoms with Crippen LogP contribution in [-0.4, -0.2) is 35.0 Å². The van der Waals surface area contributed by atoms with Gasteiger partial charge in [0, 0.05) is 17.8 Å². The van der Waals surface area contributed by atoms with Crippen molar-refractivity contribution in [1.82, 2.24) is 9.29 Å². The Morgan fingerprint density at radius 2 is 2.00 bits per heavy atom. The van der Waals surface area contributed by atoms with Crippen molar-refractivity contribution in [2.75, 3.05) is 6.26 Å². The van der Waals surface area contributed by atoms with Gasteiger partial charge in [0.05, 0.1) is 24.1 Å². The summed E-state index contributed by atoms with van der Waals surface area (Å²) in [7, 11) is -3.50. The molecule has 0 spiro atoms. The third kappa shape index (κ3) is 5.02. The minimum Gasteiger partial charge on any atom is -0.478 e. The van der Waals surface area contributed by atoms with Crippen LogP contribution in [0.15, 0.2) is 42.6 Å². The second kappa shape index (κ2) is 7.08. The van der Waals surface area contributed by atoms with Crippen molar-refractivity contribution in [2.45, 2.75) is 13.1 Å². The smallest absolute Gasteiger partial charge is 0.335 e. The maximum absolute atomic E-state index is 12.0. The van der Waals surface area contributed by atoms with Crippen LogP contribution in [0.2, 0.25) is 5.02 Å². The molecule has 23 heavy (non-hydrogen) atoms. The molecule has 122 valence electrons. The van der Waals surface area contributed by atoms with Gasteiger partial charge in [0.2, 0.25) is 10.0 Å². The number of carboxylic acid groups (broad SMARTS) is 1. The largest absolute Gasteiger partial charge is 0.478 e. The fourth-order valence-electron chi connectivity index (χ4n) is 2.03. The second-order valence-corrected chi connectivity index (χ2v) is 7.42. The number of pyridine rings is 1. The minimum absolute atomic E-state index is 0.0102. The van der Waals surface area contributed by atoms with Crippen LogP contribution in [-0.2, 0) is 23.1 Å². The molecule has 0 atom stereocenters. The van der Waals surface area contributed by atoms with Crippen molar-refractivity contribution >= 4 is 27.6 Å². The Labute approximate surface area is 139 Å². The van der Waals surface area contributed by atoms with Crippen molar-refractivity contribution in [3.8, 4) is 0 Å². The summed E-state index contributed by atoms with van der Waals surface area (Å²) in [4.78, 5) is 15.2. The monoisotopic (exact) mass is 354 g/mol. The van der Waals surface area contributed by atoms with Gasteiger partial charge in [-0.1, -0.05) is 17.7 Å². The first-order chi connectivity index (χ1) is 10.8. The highest BCUT2D eigenvalue weighted by atomic mass is 35.5. The molecule has 0 bridgehead atoms. The molecule has 0 radical (unpaired) electrons. The summed E-state index contributed by atoms with van der Waals surface area (Å²) in [5.41, 5.74) is 1.11. The average Bonchev–Trinajstić information content (AvgIpc) is 2.46. The summed E-state index contributed by atoms with van der Waals surface area (Å²) in [5.74, 6) is -1.12. The predicted molar refractivity (Wildman–Crippen MR) is 86.7 cm³/mol. The number of carbonyl (C=O) groups is 1. The summed E-state index contributed by atoms with van der Waals surface area (Å²) in [6, 6.07) is 9.50. The van der Waals surface area contributed by atoms with Gasteiger partial charge in [0.25, 0.3) is 0 Å². The fourth-order valence-corrected chi connectivity index (χ4v) is 3.04. The molecule has 8 heteroatoms. The Balaban J connectivity index is 2.30. The van der Waals surface area contributed by atoms with Gasteiger partial charge < -0.3 is 5.11 Å². The number of nitrogens with zero attached hydrogens (tertiary/aromatic N) is 2. The number of halogens is 1. The number of aromatic nitrogens is 1. The van der Waals surface area contributed by atoms with E-state index < -0.39 is 16.0 Å². The maximum atomic E-state index is 12.0. The number of sulfonamides is 1. The molecule has 2 aromatic rings. The third-order valence-electron chi connectivity index (χ3n) is 3.10. The van der Waals surface area contributed by atoms with Gasteiger partial charge >= 0.3 is 5.97 Å². The van der Waals surface area contributed by atoms with E-state index >= 15 is 0 Å². The van der Waals surface area contributed by atoms with Crippen molar-refractivity contribution < 1.29 is 18.3 Å². The normalized spacial score (nSPS) is 11.6. The lowest BCUT2D eigenvalue weighted by Gasteiger charge is -2.20. The van der Waals surface area contributed by atoms with Crippen molar-refractivity contribution in [2.24, 2.45) is 0 Å². The van der Waals surface area contributed by atoms with Crippen molar-refractivity contribution in [3.63, 3.8) is 0 Å². The van der Waals surface area contributed by atoms with E-state index in [1.165, 1.54) is 16.4 Å². The number of rotatable bonds is 6. The van der Waals surface area contributed by atoms with Crippen molar-refractivity contribution in [3.05, 3.63) is 64.4 Å². The highest BCUT2D eigenvalue weighted by Crippen LogP contribution is 2.19. The lowest BCUT2D eigenvalue weighted by atomic mass is 10.1. The Morgan fingerprint density at radius 1 is 1.26 bits per heavy atom. The van der Waals surface area contributed by atoms with Crippen LogP contribution in [0.4, 0.5) is 0 Å². The molecule has 0 amide bonds. The summed E-state index contributed by atoms with van der Waals surface area (Å²) in [6.07, 6.45) is 2.68. The van der Waals surface area contributed by atoms with Crippen LogP contribution < -0.4 is 0 Å². The van der Waals surface area contributed by atoms with E-state index in [9.17, 15) is 13.2 Å². The van der Waals surface area contributed by atoms with Gasteiger partial charge in [0.15, 0.2) is 0 Å². The molecule has 0 aliphatic heterocycles. The Kier molecular flexibility index (Phi) is 5.35. The Bertz CT molecular complexity index is 809. The van der Waals surface area contributed by atoms with Crippen molar-refractivity contribution in [1.29, 1.82) is 0 Å². The molecule has 1 aromatic carbocycles. The molecule has 6 nitrogen and oxygen atoms in total. The van der Waals surface area contributed by atoms with E-state index in [4.69, 9.17) is 16.7 Å². The molecule has 1 heterocycles. The molecule has 0 saturated heterocycles. The molecule has 0 aliphatic carbocycles. The highest BCUT2D eigenvalue weighted by molar-refractivity contribution is 7.88. The van der Waals surface area contributed by atoms with Gasteiger partial charge in [0.1, 0.15) is 0 Å². The van der Waals surface area contributed by atoms with Crippen LogP contribution in [0.3, 0.4) is 0 Å². The first-order valence-corrected chi connectivity index (χ1v) is 8.86. The lowest BCUT2D eigenvalue weighted by molar-refractivity contribution is 0.0696. The number of benzene rings is 1. The SMILES string of the molecule is CS(=O)(=O)N(Cc1cc(Cl)cc(C(=O)O)c1)Cc1ccccn1. The lowest BCUT2D eigenvalue weighted by Crippen LogP contribution is -2.29. The second-order valence-electron chi connectivity index (χ2n) is 5.01.